The van der Waals surface area contributed by atoms with Gasteiger partial charge < -0.3 is 9.84 Å². The maximum atomic E-state index is 9.88. The highest BCUT2D eigenvalue weighted by Crippen LogP contribution is 2.12. The minimum Gasteiger partial charge on any atom is -0.388 e. The molecule has 0 aliphatic carbocycles. The molecule has 1 unspecified atom stereocenters. The number of aliphatic hydroxyl groups excluding tert-OH is 1. The highest BCUT2D eigenvalue weighted by Gasteiger charge is 1.99. The summed E-state index contributed by atoms with van der Waals surface area (Å²) in [5.74, 6) is 5.92. The van der Waals surface area contributed by atoms with Gasteiger partial charge in [0, 0.05) is 6.42 Å². The van der Waals surface area contributed by atoms with Crippen molar-refractivity contribution < 1.29 is 9.84 Å². The average molecular weight is 288 g/mol. The highest BCUT2D eigenvalue weighted by molar-refractivity contribution is 5.10. The van der Waals surface area contributed by atoms with Crippen molar-refractivity contribution in [3.8, 4) is 11.8 Å². The molecule has 0 amide bonds. The normalized spacial score (nSPS) is 30.5. The van der Waals surface area contributed by atoms with Gasteiger partial charge in [0.15, 0.2) is 0 Å². The third-order valence-corrected chi connectivity index (χ3v) is 3.48. The molecule has 0 saturated heterocycles. The highest BCUT2D eigenvalue weighted by atomic mass is 16.5. The monoisotopic (exact) mass is 288 g/mol. The van der Waals surface area contributed by atoms with Crippen LogP contribution in [0.15, 0.2) is 34.9 Å². The maximum Gasteiger partial charge on any atom is 0.108 e. The van der Waals surface area contributed by atoms with Crippen LogP contribution in [0.3, 0.4) is 0 Å². The molecule has 0 aromatic heterocycles. The molecule has 1 aliphatic heterocycles. The predicted molar refractivity (Wildman–Crippen MR) is 89.0 cm³/mol. The van der Waals surface area contributed by atoms with Crippen molar-refractivity contribution in [3.63, 3.8) is 0 Å². The van der Waals surface area contributed by atoms with Gasteiger partial charge in [-0.2, -0.15) is 0 Å². The summed E-state index contributed by atoms with van der Waals surface area (Å²) in [5, 5.41) is 9.88. The SMILES string of the molecule is C/C1=C\CC/C(C)=C/C(O)CC#CCOC/C(C)=C/CC1. The van der Waals surface area contributed by atoms with E-state index in [-0.39, 0.29) is 0 Å². The first-order chi connectivity index (χ1) is 10.1. The lowest BCUT2D eigenvalue weighted by Crippen LogP contribution is -2.02. The summed E-state index contributed by atoms with van der Waals surface area (Å²) >= 11 is 0. The van der Waals surface area contributed by atoms with Gasteiger partial charge >= 0.3 is 0 Å². The van der Waals surface area contributed by atoms with E-state index < -0.39 is 6.10 Å². The molecule has 21 heavy (non-hydrogen) atoms. The Balaban J connectivity index is 2.66. The molecule has 2 nitrogen and oxygen atoms in total. The Morgan fingerprint density at radius 2 is 1.67 bits per heavy atom. The van der Waals surface area contributed by atoms with Crippen LogP contribution in [0.25, 0.3) is 0 Å². The third-order valence-electron chi connectivity index (χ3n) is 3.48. The summed E-state index contributed by atoms with van der Waals surface area (Å²) in [5.41, 5.74) is 3.91. The van der Waals surface area contributed by atoms with Crippen LogP contribution in [0.2, 0.25) is 0 Å². The Kier molecular flexibility index (Phi) is 8.82. The fourth-order valence-corrected chi connectivity index (χ4v) is 2.21. The Morgan fingerprint density at radius 1 is 1.00 bits per heavy atom. The zero-order valence-electron chi connectivity index (χ0n) is 13.6. The van der Waals surface area contributed by atoms with Crippen molar-refractivity contribution in [3.05, 3.63) is 34.9 Å². The van der Waals surface area contributed by atoms with E-state index in [1.54, 1.807) is 0 Å². The Labute approximate surface area is 129 Å². The fraction of sp³-hybridized carbons (Fsp3) is 0.579. The molecular weight excluding hydrogens is 260 g/mol. The van der Waals surface area contributed by atoms with E-state index in [2.05, 4.69) is 44.8 Å². The van der Waals surface area contributed by atoms with Crippen LogP contribution < -0.4 is 0 Å². The molecule has 1 atom stereocenters. The van der Waals surface area contributed by atoms with E-state index in [0.717, 1.165) is 25.7 Å². The number of hydrogen-bond acceptors (Lipinski definition) is 2. The fourth-order valence-electron chi connectivity index (χ4n) is 2.21. The molecule has 1 N–H and O–H groups in total. The summed E-state index contributed by atoms with van der Waals surface area (Å²) in [6.45, 7) is 7.43. The lowest BCUT2D eigenvalue weighted by atomic mass is 10.0. The van der Waals surface area contributed by atoms with Crippen molar-refractivity contribution in [2.24, 2.45) is 0 Å². The zero-order valence-corrected chi connectivity index (χ0v) is 13.6. The lowest BCUT2D eigenvalue weighted by Gasteiger charge is -2.04. The number of allylic oxidation sites excluding steroid dienone is 4. The van der Waals surface area contributed by atoms with Gasteiger partial charge in [0.2, 0.25) is 0 Å². The minimum atomic E-state index is -0.472. The largest absolute Gasteiger partial charge is 0.388 e. The van der Waals surface area contributed by atoms with Crippen LogP contribution in [0.1, 0.15) is 52.9 Å². The summed E-state index contributed by atoms with van der Waals surface area (Å²) in [6.07, 6.45) is 10.7. The van der Waals surface area contributed by atoms with Gasteiger partial charge in [0.05, 0.1) is 12.7 Å². The van der Waals surface area contributed by atoms with Gasteiger partial charge in [-0.15, -0.1) is 0 Å². The van der Waals surface area contributed by atoms with Crippen molar-refractivity contribution >= 4 is 0 Å². The summed E-state index contributed by atoms with van der Waals surface area (Å²) < 4.78 is 5.50. The minimum absolute atomic E-state index is 0.430. The number of aliphatic hydroxyl groups is 1. The van der Waals surface area contributed by atoms with Crippen molar-refractivity contribution in [1.82, 2.24) is 0 Å². The standard InChI is InChI=1S/C19H28O2/c1-16-8-6-10-17(2)14-19(20)12-4-5-13-21-15-18(3)11-7-9-16/h8,11,14,19-20H,6-7,9-10,12-13,15H2,1-3H3/b16-8+,17-14+,18-11+. The molecule has 0 fully saturated rings. The quantitative estimate of drug-likeness (QED) is 0.535. The van der Waals surface area contributed by atoms with Gasteiger partial charge in [-0.3, -0.25) is 0 Å². The number of rotatable bonds is 0. The van der Waals surface area contributed by atoms with Crippen LogP contribution >= 0.6 is 0 Å². The van der Waals surface area contributed by atoms with Crippen molar-refractivity contribution in [2.45, 2.75) is 59.0 Å². The smallest absolute Gasteiger partial charge is 0.108 e. The molecule has 0 aromatic rings. The molecule has 2 heteroatoms. The molecule has 1 rings (SSSR count). The molecule has 1 aliphatic rings. The molecule has 1 heterocycles. The van der Waals surface area contributed by atoms with E-state index in [1.807, 2.05) is 6.08 Å². The van der Waals surface area contributed by atoms with Crippen molar-refractivity contribution in [1.29, 1.82) is 0 Å². The van der Waals surface area contributed by atoms with Gasteiger partial charge in [-0.25, -0.2) is 0 Å². The van der Waals surface area contributed by atoms with Gasteiger partial charge in [0.25, 0.3) is 0 Å². The van der Waals surface area contributed by atoms with Gasteiger partial charge in [-0.1, -0.05) is 46.8 Å². The molecule has 0 spiro atoms. The first-order valence-electron chi connectivity index (χ1n) is 7.78. The first-order valence-corrected chi connectivity index (χ1v) is 7.78. The lowest BCUT2D eigenvalue weighted by molar-refractivity contribution is 0.191. The van der Waals surface area contributed by atoms with E-state index >= 15 is 0 Å². The third kappa shape index (κ3) is 9.28. The summed E-state index contributed by atoms with van der Waals surface area (Å²) in [4.78, 5) is 0. The maximum absolute atomic E-state index is 9.88. The first kappa shape index (κ1) is 17.8. The zero-order chi connectivity index (χ0) is 15.5. The van der Waals surface area contributed by atoms with Crippen LogP contribution in [-0.4, -0.2) is 24.4 Å². The second-order valence-electron chi connectivity index (χ2n) is 5.81. The Bertz CT molecular complexity index is 458. The van der Waals surface area contributed by atoms with Crippen LogP contribution in [0.4, 0.5) is 0 Å². The summed E-state index contributed by atoms with van der Waals surface area (Å²) in [6, 6.07) is 0. The van der Waals surface area contributed by atoms with Crippen LogP contribution in [0, 0.1) is 11.8 Å². The van der Waals surface area contributed by atoms with Crippen molar-refractivity contribution in [2.75, 3.05) is 13.2 Å². The molecular formula is C19H28O2. The van der Waals surface area contributed by atoms with Crippen LogP contribution in [-0.2, 0) is 4.74 Å². The van der Waals surface area contributed by atoms with Gasteiger partial charge in [0.1, 0.15) is 6.61 Å². The average Bonchev–Trinajstić information content (AvgIpc) is 2.41. The topological polar surface area (TPSA) is 29.5 Å². The molecule has 0 radical (unpaired) electrons. The van der Waals surface area contributed by atoms with Crippen LogP contribution in [0.5, 0.6) is 0 Å². The van der Waals surface area contributed by atoms with E-state index in [1.165, 1.54) is 16.7 Å². The van der Waals surface area contributed by atoms with Gasteiger partial charge in [-0.05, 0) is 46.5 Å². The molecule has 116 valence electrons. The van der Waals surface area contributed by atoms with E-state index in [4.69, 9.17) is 4.74 Å². The Hall–Kier alpha value is -1.30. The Morgan fingerprint density at radius 3 is 2.43 bits per heavy atom. The molecule has 0 aromatic carbocycles. The second-order valence-corrected chi connectivity index (χ2v) is 5.81. The van der Waals surface area contributed by atoms with E-state index in [0.29, 0.717) is 19.6 Å². The molecule has 0 bridgehead atoms. The predicted octanol–water partition coefficient (Wildman–Crippen LogP) is 4.17. The molecule has 0 saturated carbocycles. The number of hydrogen-bond donors (Lipinski definition) is 1. The summed E-state index contributed by atoms with van der Waals surface area (Å²) in [7, 11) is 0. The number of ether oxygens (including phenoxy) is 1. The second kappa shape index (κ2) is 10.4. The van der Waals surface area contributed by atoms with E-state index in [9.17, 15) is 5.11 Å².